The normalized spacial score (nSPS) is 13.5. The Hall–Kier alpha value is -6.62. The zero-order valence-electron chi connectivity index (χ0n) is 67.4. The molecule has 8 aromatic carbocycles. The zero-order valence-corrected chi connectivity index (χ0v) is 73.3. The third-order valence-corrected chi connectivity index (χ3v) is 20.1. The fourth-order valence-corrected chi connectivity index (χ4v) is 13.2. The van der Waals surface area contributed by atoms with Crippen LogP contribution in [-0.4, -0.2) is 26.4 Å². The predicted octanol–water partition coefficient (Wildman–Crippen LogP) is 11.1. The summed E-state index contributed by atoms with van der Waals surface area (Å²) in [7, 11) is 0. The molecular formula is C92H112O12W2-12. The maximum Gasteiger partial charge on any atom is 0 e. The third kappa shape index (κ3) is 21.9. The van der Waals surface area contributed by atoms with Crippen molar-refractivity contribution in [1.29, 1.82) is 0 Å². The van der Waals surface area contributed by atoms with E-state index in [4.69, 9.17) is 20.4 Å². The van der Waals surface area contributed by atoms with E-state index in [0.717, 1.165) is 44.5 Å². The van der Waals surface area contributed by atoms with E-state index in [1.165, 1.54) is 0 Å². The largest absolute Gasteiger partial charge is 0.872 e. The Labute approximate surface area is 662 Å². The van der Waals surface area contributed by atoms with Gasteiger partial charge in [0, 0.05) is 42.1 Å². The summed E-state index contributed by atoms with van der Waals surface area (Å²) in [6.07, 6.45) is 0.0261. The van der Waals surface area contributed by atoms with Crippen LogP contribution < -0.4 is 61.3 Å². The van der Waals surface area contributed by atoms with E-state index in [0.29, 0.717) is 89.0 Å². The van der Waals surface area contributed by atoms with Gasteiger partial charge in [-0.05, 0) is 139 Å². The summed E-state index contributed by atoms with van der Waals surface area (Å²) < 4.78 is 0. The molecule has 12 nitrogen and oxygen atoms in total. The monoisotopic (exact) mass is 1780 g/mol. The fraction of sp³-hybridized carbons (Fsp3) is 0.478. The second kappa shape index (κ2) is 34.1. The molecule has 9 rings (SSSR count). The number of benzene rings is 8. The van der Waals surface area contributed by atoms with Crippen LogP contribution in [0.3, 0.4) is 0 Å². The molecule has 106 heavy (non-hydrogen) atoms. The van der Waals surface area contributed by atoms with Crippen LogP contribution in [0.2, 0.25) is 0 Å². The summed E-state index contributed by atoms with van der Waals surface area (Å²) in [6, 6.07) is 30.5. The molecule has 576 valence electrons. The maximum absolute atomic E-state index is 15.4. The zero-order chi connectivity index (χ0) is 78.3. The van der Waals surface area contributed by atoms with Crippen molar-refractivity contribution in [2.45, 2.75) is 261 Å². The molecule has 0 radical (unpaired) electrons. The Morgan fingerprint density at radius 3 is 0.283 bits per heavy atom. The Morgan fingerprint density at radius 1 is 0.170 bits per heavy atom. The summed E-state index contributed by atoms with van der Waals surface area (Å²) in [5.41, 5.74) is 10.1. The van der Waals surface area contributed by atoms with Gasteiger partial charge in [-0.3, -0.25) is 0 Å². The third-order valence-electron chi connectivity index (χ3n) is 20.1. The topological polar surface area (TPSA) is 277 Å². The summed E-state index contributed by atoms with van der Waals surface area (Å²) in [4.78, 5) is 0. The minimum absolute atomic E-state index is 0. The molecule has 8 aromatic rings. The van der Waals surface area contributed by atoms with Gasteiger partial charge in [0.05, 0.1) is 0 Å². The molecular weight excluding hydrogens is 1660 g/mol. The molecule has 0 saturated heterocycles. The Balaban J connectivity index is 0.00000192. The van der Waals surface area contributed by atoms with E-state index < -0.39 is 69.7 Å². The van der Waals surface area contributed by atoms with Gasteiger partial charge in [0.2, 0.25) is 0 Å². The molecule has 0 heterocycles. The van der Waals surface area contributed by atoms with Gasteiger partial charge in [0.25, 0.3) is 0 Å². The van der Waals surface area contributed by atoms with E-state index in [1.807, 2.05) is 97.1 Å². The van der Waals surface area contributed by atoms with E-state index in [2.05, 4.69) is 166 Å². The first-order valence-corrected chi connectivity index (χ1v) is 36.7. The molecule has 1 aliphatic rings. The number of rotatable bonds is 2. The van der Waals surface area contributed by atoms with Crippen molar-refractivity contribution in [3.63, 3.8) is 0 Å². The summed E-state index contributed by atoms with van der Waals surface area (Å²) in [6.45, 7) is 47.9. The summed E-state index contributed by atoms with van der Waals surface area (Å²) in [5, 5.41) is 159. The SMILES string of the molecule is CC(C)(C)c1cc2c([O-])c(c1)Cc1cc(C(C)(C)C)cc(c1[O-])Cc1cc(C(C)(C)C)cc(c1[O-])Cc1cc(C(C)(C)C)cc(c1[O-])Cc1cc(C(C)(C)C)cc(c1[O-])Cc1cc(C(C)(C)C)cc(c1[O-])Cc1cc(C(C)(C)C)cc(c1[O-])Cc1cc(C(C)(C)C)cc(c1[O-])C2.[O-]CC[O-].[O-]CC[O-].[W].[W]. The summed E-state index contributed by atoms with van der Waals surface area (Å²) >= 11 is 0. The van der Waals surface area contributed by atoms with Crippen molar-refractivity contribution in [2.75, 3.05) is 26.4 Å². The standard InChI is InChI=1S/C88H112O8.2C2H4O2.2W/c1-81(2,3)65-33-49-25-51-35-66(82(4,5)6)37-53(74(51)90)27-55-39-68(84(10,11)12)41-57(76(55)92)29-59-43-70(86(16,17)18)45-61(78(59)94)31-63-47-72(88(22,23)24)48-64(80(63)96)32-62-46-71(87(19,20)21)44-60(79(62)95)30-58-42-69(85(13,14)15)40-56(77(58)93)28-54-38-67(83(7,8)9)36-52(75(54)91)26-50(34-65)73(49)89;2*3-1-2-4;;/h33-48,89-96H,25-32H2,1-24H3;2*1-2H2;;/q;2*-2;;/p-8. The van der Waals surface area contributed by atoms with E-state index in [9.17, 15) is 0 Å². The van der Waals surface area contributed by atoms with Gasteiger partial charge < -0.3 is 61.3 Å². The van der Waals surface area contributed by atoms with Gasteiger partial charge in [0.1, 0.15) is 0 Å². The minimum atomic E-state index is -0.486. The maximum atomic E-state index is 15.4. The van der Waals surface area contributed by atoms with Crippen molar-refractivity contribution in [1.82, 2.24) is 0 Å². The molecule has 0 amide bonds. The van der Waals surface area contributed by atoms with Gasteiger partial charge in [-0.25, -0.2) is 0 Å². The van der Waals surface area contributed by atoms with Crippen LogP contribution in [0.15, 0.2) is 97.1 Å². The fourth-order valence-electron chi connectivity index (χ4n) is 13.2. The predicted molar refractivity (Wildman–Crippen MR) is 399 cm³/mol. The second-order valence-electron chi connectivity index (χ2n) is 37.2. The molecule has 16 bridgehead atoms. The molecule has 0 aliphatic heterocycles. The van der Waals surface area contributed by atoms with Crippen LogP contribution in [0.5, 0.6) is 46.0 Å². The van der Waals surface area contributed by atoms with Crippen LogP contribution in [0.25, 0.3) is 0 Å². The van der Waals surface area contributed by atoms with Crippen molar-refractivity contribution >= 4 is 0 Å². The van der Waals surface area contributed by atoms with Crippen LogP contribution in [0.1, 0.15) is 300 Å². The number of hydrogen-bond acceptors (Lipinski definition) is 12. The first kappa shape index (κ1) is 90.0. The molecule has 0 aromatic heterocycles. The Kier molecular flexibility index (Phi) is 29.0. The van der Waals surface area contributed by atoms with Gasteiger partial charge >= 0.3 is 0 Å². The van der Waals surface area contributed by atoms with Gasteiger partial charge in [0.15, 0.2) is 0 Å². The van der Waals surface area contributed by atoms with E-state index in [-0.39, 0.29) is 139 Å². The van der Waals surface area contributed by atoms with Crippen molar-refractivity contribution in [2.24, 2.45) is 0 Å². The van der Waals surface area contributed by atoms with Crippen LogP contribution in [0, 0.1) is 0 Å². The van der Waals surface area contributed by atoms with Gasteiger partial charge in [-0.1, -0.05) is 352 Å². The average Bonchev–Trinajstić information content (AvgIpc) is 0.781. The average molecular weight is 1780 g/mol. The van der Waals surface area contributed by atoms with Crippen LogP contribution in [0.4, 0.5) is 0 Å². The molecule has 0 unspecified atom stereocenters. The quantitative estimate of drug-likeness (QED) is 0.156. The Morgan fingerprint density at radius 2 is 0.236 bits per heavy atom. The first-order chi connectivity index (χ1) is 47.7. The molecule has 1 aliphatic carbocycles. The molecule has 0 N–H and O–H groups in total. The van der Waals surface area contributed by atoms with Crippen LogP contribution >= 0.6 is 0 Å². The smallest absolute Gasteiger partial charge is 0 e. The van der Waals surface area contributed by atoms with E-state index in [1.54, 1.807) is 0 Å². The number of fused-ring (bicyclic) bond motifs is 16. The van der Waals surface area contributed by atoms with Gasteiger partial charge in [-0.2, -0.15) is 26.4 Å². The van der Waals surface area contributed by atoms with Crippen molar-refractivity contribution < 1.29 is 103 Å². The molecule has 0 saturated carbocycles. The van der Waals surface area contributed by atoms with Crippen molar-refractivity contribution in [3.05, 3.63) is 231 Å². The van der Waals surface area contributed by atoms with Crippen LogP contribution in [-0.2, 0) is 137 Å². The molecule has 0 spiro atoms. The first-order valence-electron chi connectivity index (χ1n) is 36.7. The second-order valence-corrected chi connectivity index (χ2v) is 37.2. The molecule has 0 fully saturated rings. The minimum Gasteiger partial charge on any atom is -0.872 e. The number of hydrogen-bond donors (Lipinski definition) is 0. The Bertz CT molecular complexity index is 3400. The molecule has 14 heteroatoms. The van der Waals surface area contributed by atoms with E-state index >= 15 is 40.9 Å². The van der Waals surface area contributed by atoms with Crippen molar-refractivity contribution in [3.8, 4) is 46.0 Å². The van der Waals surface area contributed by atoms with Gasteiger partial charge in [-0.15, -0.1) is 46.0 Å². The summed E-state index contributed by atoms with van der Waals surface area (Å²) in [5.74, 6) is -2.14. The molecule has 0 atom stereocenters.